The molecule has 1 N–H and O–H groups in total. The number of halogens is 1. The van der Waals surface area contributed by atoms with Crippen molar-refractivity contribution in [1.82, 2.24) is 10.3 Å². The molecule has 82 valence electrons. The van der Waals surface area contributed by atoms with Crippen LogP contribution in [0.3, 0.4) is 0 Å². The first kappa shape index (κ1) is 12.0. The molecule has 15 heavy (non-hydrogen) atoms. The molecular formula is C11H15ClN2O. The maximum atomic E-state index is 11.6. The predicted octanol–water partition coefficient (Wildman–Crippen LogP) is 2.18. The van der Waals surface area contributed by atoms with E-state index in [0.717, 1.165) is 12.8 Å². The molecule has 0 aromatic carbocycles. The number of pyridine rings is 1. The van der Waals surface area contributed by atoms with Gasteiger partial charge in [-0.1, -0.05) is 12.8 Å². The second kappa shape index (κ2) is 5.71. The summed E-state index contributed by atoms with van der Waals surface area (Å²) in [5.41, 5.74) is 0.652. The first-order valence-corrected chi connectivity index (χ1v) is 5.07. The molecule has 0 aliphatic heterocycles. The third-order valence-electron chi connectivity index (χ3n) is 2.61. The zero-order valence-corrected chi connectivity index (χ0v) is 9.30. The van der Waals surface area contributed by atoms with Crippen molar-refractivity contribution in [3.05, 3.63) is 30.1 Å². The lowest BCUT2D eigenvalue weighted by Gasteiger charge is -2.11. The molecule has 1 aromatic rings. The highest BCUT2D eigenvalue weighted by Gasteiger charge is 2.17. The Balaban J connectivity index is 0.00000112. The van der Waals surface area contributed by atoms with Crippen LogP contribution >= 0.6 is 12.4 Å². The molecule has 0 atom stereocenters. The van der Waals surface area contributed by atoms with E-state index in [1.165, 1.54) is 12.8 Å². The van der Waals surface area contributed by atoms with Gasteiger partial charge < -0.3 is 5.32 Å². The standard InChI is InChI=1S/C11H14N2O.ClH/c14-11(9-4-3-7-12-8-9)13-10-5-1-2-6-10;/h3-4,7-8,10H,1-2,5-6H2,(H,13,14);1H. The number of hydrogen-bond donors (Lipinski definition) is 1. The number of nitrogens with zero attached hydrogens (tertiary/aromatic N) is 1. The lowest BCUT2D eigenvalue weighted by molar-refractivity contribution is 0.0937. The van der Waals surface area contributed by atoms with Crippen LogP contribution in [0.4, 0.5) is 0 Å². The molecule has 2 rings (SSSR count). The smallest absolute Gasteiger partial charge is 0.253 e. The molecular weight excluding hydrogens is 212 g/mol. The topological polar surface area (TPSA) is 42.0 Å². The molecule has 1 heterocycles. The van der Waals surface area contributed by atoms with Gasteiger partial charge >= 0.3 is 0 Å². The number of nitrogens with one attached hydrogen (secondary N) is 1. The molecule has 1 fully saturated rings. The quantitative estimate of drug-likeness (QED) is 0.840. The van der Waals surface area contributed by atoms with Gasteiger partial charge in [-0.05, 0) is 25.0 Å². The molecule has 1 saturated carbocycles. The largest absolute Gasteiger partial charge is 0.349 e. The summed E-state index contributed by atoms with van der Waals surface area (Å²) in [5, 5.41) is 3.02. The van der Waals surface area contributed by atoms with Crippen molar-refractivity contribution in [2.75, 3.05) is 0 Å². The Labute approximate surface area is 95.7 Å². The predicted molar refractivity (Wildman–Crippen MR) is 61.2 cm³/mol. The SMILES string of the molecule is Cl.O=C(NC1CCCC1)c1cccnc1. The van der Waals surface area contributed by atoms with Gasteiger partial charge in [0.1, 0.15) is 0 Å². The molecule has 0 bridgehead atoms. The summed E-state index contributed by atoms with van der Waals surface area (Å²) < 4.78 is 0. The van der Waals surface area contributed by atoms with E-state index in [9.17, 15) is 4.79 Å². The van der Waals surface area contributed by atoms with E-state index in [-0.39, 0.29) is 18.3 Å². The monoisotopic (exact) mass is 226 g/mol. The zero-order chi connectivity index (χ0) is 9.80. The van der Waals surface area contributed by atoms with Crippen molar-refractivity contribution >= 4 is 18.3 Å². The first-order chi connectivity index (χ1) is 6.86. The Morgan fingerprint density at radius 3 is 2.73 bits per heavy atom. The summed E-state index contributed by atoms with van der Waals surface area (Å²) in [6.45, 7) is 0. The van der Waals surface area contributed by atoms with E-state index in [2.05, 4.69) is 10.3 Å². The fourth-order valence-electron chi connectivity index (χ4n) is 1.84. The third-order valence-corrected chi connectivity index (χ3v) is 2.61. The Morgan fingerprint density at radius 2 is 2.13 bits per heavy atom. The Hall–Kier alpha value is -1.09. The summed E-state index contributed by atoms with van der Waals surface area (Å²) in [4.78, 5) is 15.6. The van der Waals surface area contributed by atoms with Crippen LogP contribution in [0.5, 0.6) is 0 Å². The molecule has 4 heteroatoms. The fourth-order valence-corrected chi connectivity index (χ4v) is 1.84. The van der Waals surface area contributed by atoms with Gasteiger partial charge in [-0.25, -0.2) is 0 Å². The summed E-state index contributed by atoms with van der Waals surface area (Å²) in [5.74, 6) is 0.00463. The van der Waals surface area contributed by atoms with E-state index in [4.69, 9.17) is 0 Å². The number of rotatable bonds is 2. The van der Waals surface area contributed by atoms with Crippen molar-refractivity contribution in [2.24, 2.45) is 0 Å². The normalized spacial score (nSPS) is 15.7. The van der Waals surface area contributed by atoms with Crippen LogP contribution in [0, 0.1) is 0 Å². The Kier molecular flexibility index (Phi) is 4.56. The maximum absolute atomic E-state index is 11.6. The molecule has 0 saturated heterocycles. The van der Waals surface area contributed by atoms with Crippen LogP contribution in [0.25, 0.3) is 0 Å². The van der Waals surface area contributed by atoms with Crippen LogP contribution in [-0.4, -0.2) is 16.9 Å². The lowest BCUT2D eigenvalue weighted by atomic mass is 10.2. The number of carbonyl (C=O) groups excluding carboxylic acids is 1. The van der Waals surface area contributed by atoms with Crippen molar-refractivity contribution in [3.8, 4) is 0 Å². The molecule has 0 radical (unpaired) electrons. The number of amides is 1. The van der Waals surface area contributed by atoms with Gasteiger partial charge in [-0.15, -0.1) is 12.4 Å². The maximum Gasteiger partial charge on any atom is 0.253 e. The second-order valence-electron chi connectivity index (χ2n) is 3.70. The van der Waals surface area contributed by atoms with E-state index in [1.54, 1.807) is 24.5 Å². The Morgan fingerprint density at radius 1 is 1.40 bits per heavy atom. The average molecular weight is 227 g/mol. The summed E-state index contributed by atoms with van der Waals surface area (Å²) >= 11 is 0. The average Bonchev–Trinajstić information content (AvgIpc) is 2.72. The highest BCUT2D eigenvalue weighted by Crippen LogP contribution is 2.17. The number of hydrogen-bond acceptors (Lipinski definition) is 2. The van der Waals surface area contributed by atoms with Crippen molar-refractivity contribution in [1.29, 1.82) is 0 Å². The minimum absolute atomic E-state index is 0. The summed E-state index contributed by atoms with van der Waals surface area (Å²) in [7, 11) is 0. The molecule has 0 spiro atoms. The highest BCUT2D eigenvalue weighted by molar-refractivity contribution is 5.94. The number of aromatic nitrogens is 1. The van der Waals surface area contributed by atoms with E-state index < -0.39 is 0 Å². The third kappa shape index (κ3) is 3.20. The fraction of sp³-hybridized carbons (Fsp3) is 0.455. The van der Waals surface area contributed by atoms with Crippen LogP contribution in [-0.2, 0) is 0 Å². The van der Waals surface area contributed by atoms with Gasteiger partial charge in [-0.2, -0.15) is 0 Å². The van der Waals surface area contributed by atoms with Gasteiger partial charge in [0.2, 0.25) is 0 Å². The van der Waals surface area contributed by atoms with E-state index in [0.29, 0.717) is 11.6 Å². The minimum atomic E-state index is 0. The Bertz CT molecular complexity index is 310. The van der Waals surface area contributed by atoms with Crippen molar-refractivity contribution in [2.45, 2.75) is 31.7 Å². The van der Waals surface area contributed by atoms with E-state index >= 15 is 0 Å². The zero-order valence-electron chi connectivity index (χ0n) is 8.48. The van der Waals surface area contributed by atoms with E-state index in [1.807, 2.05) is 0 Å². The van der Waals surface area contributed by atoms with Crippen molar-refractivity contribution in [3.63, 3.8) is 0 Å². The van der Waals surface area contributed by atoms with Crippen LogP contribution in [0.1, 0.15) is 36.0 Å². The molecule has 1 aromatic heterocycles. The second-order valence-corrected chi connectivity index (χ2v) is 3.70. The van der Waals surface area contributed by atoms with Crippen molar-refractivity contribution < 1.29 is 4.79 Å². The molecule has 3 nitrogen and oxygen atoms in total. The first-order valence-electron chi connectivity index (χ1n) is 5.07. The highest BCUT2D eigenvalue weighted by atomic mass is 35.5. The van der Waals surface area contributed by atoms with Crippen LogP contribution < -0.4 is 5.32 Å². The molecule has 1 aliphatic carbocycles. The lowest BCUT2D eigenvalue weighted by Crippen LogP contribution is -2.32. The van der Waals surface area contributed by atoms with Gasteiger partial charge in [0.05, 0.1) is 5.56 Å². The van der Waals surface area contributed by atoms with Gasteiger partial charge in [0.15, 0.2) is 0 Å². The molecule has 0 unspecified atom stereocenters. The summed E-state index contributed by atoms with van der Waals surface area (Å²) in [6, 6.07) is 3.95. The molecule has 1 amide bonds. The molecule has 1 aliphatic rings. The number of carbonyl (C=O) groups is 1. The van der Waals surface area contributed by atoms with Crippen LogP contribution in [0.2, 0.25) is 0 Å². The van der Waals surface area contributed by atoms with Gasteiger partial charge in [0.25, 0.3) is 5.91 Å². The summed E-state index contributed by atoms with van der Waals surface area (Å²) in [6.07, 6.45) is 7.98. The minimum Gasteiger partial charge on any atom is -0.349 e. The van der Waals surface area contributed by atoms with Crippen LogP contribution in [0.15, 0.2) is 24.5 Å². The van der Waals surface area contributed by atoms with Gasteiger partial charge in [-0.3, -0.25) is 9.78 Å². The van der Waals surface area contributed by atoms with Gasteiger partial charge in [0, 0.05) is 18.4 Å².